The second kappa shape index (κ2) is 4.97. The van der Waals surface area contributed by atoms with Crippen molar-refractivity contribution in [2.45, 2.75) is 13.2 Å². The van der Waals surface area contributed by atoms with Crippen LogP contribution in [0.15, 0.2) is 48.8 Å². The standard InChI is InChI=1S/C14H13N3O2/c18-14(19-11-12-4-2-1-3-5-12)16-8-9-17-13(10-16)6-7-15-17/h1-9H,10-11H2. The molecule has 0 radical (unpaired) electrons. The zero-order chi connectivity index (χ0) is 13.1. The van der Waals surface area contributed by atoms with Gasteiger partial charge in [0.05, 0.1) is 12.2 Å². The van der Waals surface area contributed by atoms with Crippen LogP contribution in [0, 0.1) is 0 Å². The van der Waals surface area contributed by atoms with Crippen molar-refractivity contribution >= 4 is 12.3 Å². The summed E-state index contributed by atoms with van der Waals surface area (Å²) in [6.07, 6.45) is 4.77. The number of hydrogen-bond acceptors (Lipinski definition) is 3. The van der Waals surface area contributed by atoms with Gasteiger partial charge in [0, 0.05) is 18.6 Å². The van der Waals surface area contributed by atoms with E-state index in [-0.39, 0.29) is 12.7 Å². The van der Waals surface area contributed by atoms with Gasteiger partial charge in [-0.05, 0) is 11.6 Å². The summed E-state index contributed by atoms with van der Waals surface area (Å²) < 4.78 is 7.00. The van der Waals surface area contributed by atoms with Crippen LogP contribution in [-0.4, -0.2) is 20.8 Å². The minimum atomic E-state index is -0.354. The highest BCUT2D eigenvalue weighted by Gasteiger charge is 2.18. The summed E-state index contributed by atoms with van der Waals surface area (Å²) in [5.74, 6) is 0. The van der Waals surface area contributed by atoms with Crippen LogP contribution in [0.25, 0.3) is 6.20 Å². The van der Waals surface area contributed by atoms with Gasteiger partial charge >= 0.3 is 6.09 Å². The molecule has 0 saturated carbocycles. The molecule has 0 unspecified atom stereocenters. The Bertz CT molecular complexity index is 604. The molecule has 1 aromatic heterocycles. The molecule has 0 N–H and O–H groups in total. The summed E-state index contributed by atoms with van der Waals surface area (Å²) in [4.78, 5) is 13.5. The quantitative estimate of drug-likeness (QED) is 0.828. The summed E-state index contributed by atoms with van der Waals surface area (Å²) >= 11 is 0. The van der Waals surface area contributed by atoms with E-state index in [9.17, 15) is 4.79 Å². The highest BCUT2D eigenvalue weighted by molar-refractivity contribution is 5.70. The molecule has 1 aliphatic heterocycles. The van der Waals surface area contributed by atoms with Crippen LogP contribution in [0.3, 0.4) is 0 Å². The molecule has 5 heteroatoms. The molecular weight excluding hydrogens is 242 g/mol. The van der Waals surface area contributed by atoms with E-state index in [1.54, 1.807) is 23.3 Å². The predicted octanol–water partition coefficient (Wildman–Crippen LogP) is 2.46. The Hall–Kier alpha value is -2.56. The number of carbonyl (C=O) groups excluding carboxylic acids is 1. The van der Waals surface area contributed by atoms with Gasteiger partial charge in [0.2, 0.25) is 0 Å². The molecule has 5 nitrogen and oxygen atoms in total. The molecule has 2 aromatic rings. The number of fused-ring (bicyclic) bond motifs is 1. The molecule has 0 aliphatic carbocycles. The molecule has 0 atom stereocenters. The van der Waals surface area contributed by atoms with Crippen LogP contribution < -0.4 is 0 Å². The highest BCUT2D eigenvalue weighted by atomic mass is 16.6. The van der Waals surface area contributed by atoms with E-state index in [2.05, 4.69) is 5.10 Å². The minimum Gasteiger partial charge on any atom is -0.444 e. The average Bonchev–Trinajstić information content (AvgIpc) is 2.93. The predicted molar refractivity (Wildman–Crippen MR) is 69.7 cm³/mol. The molecule has 1 amide bonds. The van der Waals surface area contributed by atoms with Crippen LogP contribution in [0.1, 0.15) is 11.3 Å². The fourth-order valence-electron chi connectivity index (χ4n) is 1.90. The Morgan fingerprint density at radius 2 is 2.05 bits per heavy atom. The molecule has 3 rings (SSSR count). The van der Waals surface area contributed by atoms with Crippen LogP contribution in [-0.2, 0) is 17.9 Å². The normalized spacial score (nSPS) is 13.2. The zero-order valence-electron chi connectivity index (χ0n) is 10.3. The number of ether oxygens (including phenoxy) is 1. The van der Waals surface area contributed by atoms with E-state index in [1.165, 1.54) is 4.90 Å². The lowest BCUT2D eigenvalue weighted by Gasteiger charge is -2.21. The Balaban J connectivity index is 1.60. The fourth-order valence-corrected chi connectivity index (χ4v) is 1.90. The number of rotatable bonds is 2. The van der Waals surface area contributed by atoms with Gasteiger partial charge in [-0.3, -0.25) is 4.90 Å². The third kappa shape index (κ3) is 2.49. The highest BCUT2D eigenvalue weighted by Crippen LogP contribution is 2.13. The zero-order valence-corrected chi connectivity index (χ0v) is 10.3. The van der Waals surface area contributed by atoms with Crippen molar-refractivity contribution in [3.05, 3.63) is 60.1 Å². The lowest BCUT2D eigenvalue weighted by Crippen LogP contribution is -2.29. The van der Waals surface area contributed by atoms with Gasteiger partial charge in [0.1, 0.15) is 6.61 Å². The molecule has 0 fully saturated rings. The van der Waals surface area contributed by atoms with Gasteiger partial charge < -0.3 is 4.74 Å². The maximum absolute atomic E-state index is 11.9. The number of aromatic nitrogens is 2. The van der Waals surface area contributed by atoms with Gasteiger partial charge in [-0.15, -0.1) is 0 Å². The number of hydrogen-bond donors (Lipinski definition) is 0. The topological polar surface area (TPSA) is 47.4 Å². The molecule has 0 saturated heterocycles. The van der Waals surface area contributed by atoms with E-state index in [0.29, 0.717) is 6.54 Å². The molecule has 0 spiro atoms. The molecule has 1 aromatic carbocycles. The smallest absolute Gasteiger partial charge is 0.414 e. The SMILES string of the molecule is O=C(OCc1ccccc1)N1C=Cn2nccc2C1. The molecule has 96 valence electrons. The van der Waals surface area contributed by atoms with Gasteiger partial charge in [-0.25, -0.2) is 9.48 Å². The lowest BCUT2D eigenvalue weighted by atomic mass is 10.2. The Morgan fingerprint density at radius 1 is 1.21 bits per heavy atom. The second-order valence-electron chi connectivity index (χ2n) is 4.23. The van der Waals surface area contributed by atoms with Gasteiger partial charge in [-0.1, -0.05) is 30.3 Å². The summed E-state index contributed by atoms with van der Waals surface area (Å²) in [6, 6.07) is 11.5. The first-order valence-electron chi connectivity index (χ1n) is 6.01. The number of benzene rings is 1. The van der Waals surface area contributed by atoms with E-state index in [4.69, 9.17) is 4.74 Å². The van der Waals surface area contributed by atoms with Gasteiger partial charge in [0.15, 0.2) is 0 Å². The van der Waals surface area contributed by atoms with Crippen LogP contribution in [0.2, 0.25) is 0 Å². The lowest BCUT2D eigenvalue weighted by molar-refractivity contribution is 0.108. The van der Waals surface area contributed by atoms with Crippen LogP contribution in [0.4, 0.5) is 4.79 Å². The Labute approximate surface area is 110 Å². The molecular formula is C14H13N3O2. The van der Waals surface area contributed by atoms with E-state index >= 15 is 0 Å². The molecule has 2 heterocycles. The molecule has 0 bridgehead atoms. The number of carbonyl (C=O) groups is 1. The first kappa shape index (κ1) is 11.5. The van der Waals surface area contributed by atoms with Crippen molar-refractivity contribution in [1.29, 1.82) is 0 Å². The van der Waals surface area contributed by atoms with E-state index in [0.717, 1.165) is 11.3 Å². The van der Waals surface area contributed by atoms with Gasteiger partial charge in [0.25, 0.3) is 0 Å². The Kier molecular flexibility index (Phi) is 3.02. The number of nitrogens with zero attached hydrogens (tertiary/aromatic N) is 3. The van der Waals surface area contributed by atoms with Crippen molar-refractivity contribution in [3.8, 4) is 0 Å². The second-order valence-corrected chi connectivity index (χ2v) is 4.23. The molecule has 1 aliphatic rings. The van der Waals surface area contributed by atoms with Crippen molar-refractivity contribution in [1.82, 2.24) is 14.7 Å². The van der Waals surface area contributed by atoms with E-state index in [1.807, 2.05) is 36.4 Å². The first-order chi connectivity index (χ1) is 9.33. The maximum atomic E-state index is 11.9. The van der Waals surface area contributed by atoms with Crippen molar-refractivity contribution < 1.29 is 9.53 Å². The number of amides is 1. The summed E-state index contributed by atoms with van der Waals surface area (Å²) in [6.45, 7) is 0.757. The van der Waals surface area contributed by atoms with Crippen molar-refractivity contribution in [2.75, 3.05) is 0 Å². The molecule has 19 heavy (non-hydrogen) atoms. The third-order valence-corrected chi connectivity index (χ3v) is 2.91. The van der Waals surface area contributed by atoms with Crippen LogP contribution in [0.5, 0.6) is 0 Å². The first-order valence-corrected chi connectivity index (χ1v) is 6.01. The van der Waals surface area contributed by atoms with E-state index < -0.39 is 0 Å². The van der Waals surface area contributed by atoms with Crippen LogP contribution >= 0.6 is 0 Å². The summed E-state index contributed by atoms with van der Waals surface area (Å²) in [5.41, 5.74) is 1.93. The third-order valence-electron chi connectivity index (χ3n) is 2.91. The van der Waals surface area contributed by atoms with Crippen molar-refractivity contribution in [3.63, 3.8) is 0 Å². The summed E-state index contributed by atoms with van der Waals surface area (Å²) in [5, 5.41) is 4.10. The minimum absolute atomic E-state index is 0.281. The summed E-state index contributed by atoms with van der Waals surface area (Å²) in [7, 11) is 0. The largest absolute Gasteiger partial charge is 0.444 e. The monoisotopic (exact) mass is 255 g/mol. The van der Waals surface area contributed by atoms with Gasteiger partial charge in [-0.2, -0.15) is 5.10 Å². The Morgan fingerprint density at radius 3 is 2.89 bits per heavy atom. The maximum Gasteiger partial charge on any atom is 0.414 e. The average molecular weight is 255 g/mol. The van der Waals surface area contributed by atoms with Crippen molar-refractivity contribution in [2.24, 2.45) is 0 Å². The fraction of sp³-hybridized carbons (Fsp3) is 0.143.